The number of rotatable bonds is 4. The molecule has 7 rings (SSSR count). The van der Waals surface area contributed by atoms with Gasteiger partial charge in [0.2, 0.25) is 0 Å². The Hall–Kier alpha value is -0.747. The van der Waals surface area contributed by atoms with Gasteiger partial charge >= 0.3 is 142 Å². The van der Waals surface area contributed by atoms with Crippen molar-refractivity contribution in [2.75, 3.05) is 0 Å². The van der Waals surface area contributed by atoms with Crippen LogP contribution in [0, 0.1) is 41.4 Å². The zero-order valence-electron chi connectivity index (χ0n) is 13.5. The van der Waals surface area contributed by atoms with Crippen LogP contribution in [-0.2, 0) is 9.94 Å². The van der Waals surface area contributed by atoms with E-state index in [1.165, 1.54) is 0 Å². The number of halogens is 3. The monoisotopic (exact) mass is 394 g/mol. The van der Waals surface area contributed by atoms with Gasteiger partial charge in [-0.1, -0.05) is 0 Å². The van der Waals surface area contributed by atoms with Gasteiger partial charge in [-0.05, 0) is 0 Å². The maximum atomic E-state index is 12.6. The molecule has 0 atom stereocenters. The Bertz CT molecular complexity index is 728. The summed E-state index contributed by atoms with van der Waals surface area (Å²) < 4.78 is 44.6. The van der Waals surface area contributed by atoms with Crippen molar-refractivity contribution in [1.82, 2.24) is 0 Å². The van der Waals surface area contributed by atoms with Crippen molar-refractivity contribution in [3.8, 4) is 0 Å². The number of hydrogen-bond acceptors (Lipinski definition) is 1. The summed E-state index contributed by atoms with van der Waals surface area (Å²) in [4.78, 5) is 2.18. The van der Waals surface area contributed by atoms with Crippen LogP contribution in [0.1, 0.15) is 11.1 Å². The first-order valence-electron chi connectivity index (χ1n) is 8.82. The second-order valence-electron chi connectivity index (χ2n) is 8.90. The van der Waals surface area contributed by atoms with Crippen molar-refractivity contribution in [2.45, 2.75) is 23.3 Å². The molecular weight excluding hydrogens is 374 g/mol. The van der Waals surface area contributed by atoms with Crippen LogP contribution in [0.2, 0.25) is 11.5 Å². The average Bonchev–Trinajstić information content (AvgIpc) is 2.53. The van der Waals surface area contributed by atoms with Gasteiger partial charge in [0.05, 0.1) is 0 Å². The fourth-order valence-corrected chi connectivity index (χ4v) is 11.3. The molecule has 0 bridgehead atoms. The molecule has 0 radical (unpaired) electrons. The molecule has 0 aliphatic heterocycles. The van der Waals surface area contributed by atoms with E-state index in [9.17, 15) is 13.2 Å². The zero-order chi connectivity index (χ0) is 16.6. The Morgan fingerprint density at radius 1 is 0.958 bits per heavy atom. The molecule has 1 nitrogen and oxygen atoms in total. The van der Waals surface area contributed by atoms with Gasteiger partial charge in [-0.25, -0.2) is 0 Å². The van der Waals surface area contributed by atoms with E-state index < -0.39 is 25.3 Å². The van der Waals surface area contributed by atoms with Crippen LogP contribution < -0.4 is 0 Å². The third-order valence-electron chi connectivity index (χ3n) is 7.74. The van der Waals surface area contributed by atoms with Crippen LogP contribution >= 0.6 is 0 Å². The van der Waals surface area contributed by atoms with Crippen molar-refractivity contribution in [3.05, 3.63) is 40.3 Å². The van der Waals surface area contributed by atoms with Crippen LogP contribution in [0.15, 0.2) is 29.2 Å². The van der Waals surface area contributed by atoms with Gasteiger partial charge in [-0.3, -0.25) is 0 Å². The molecule has 6 saturated carbocycles. The van der Waals surface area contributed by atoms with Crippen molar-refractivity contribution in [1.29, 1.82) is 0 Å². The molecule has 6 aliphatic carbocycles. The van der Waals surface area contributed by atoms with Crippen LogP contribution in [0.4, 0.5) is 13.2 Å². The number of benzene rings is 1. The Balaban J connectivity index is 1.17. The van der Waals surface area contributed by atoms with Gasteiger partial charge in [0.15, 0.2) is 0 Å². The van der Waals surface area contributed by atoms with Gasteiger partial charge in [-0.15, -0.1) is 0 Å². The summed E-state index contributed by atoms with van der Waals surface area (Å²) >= 11 is -2.49. The molecule has 0 unspecified atom stereocenters. The van der Waals surface area contributed by atoms with Gasteiger partial charge < -0.3 is 0 Å². The van der Waals surface area contributed by atoms with E-state index in [0.717, 1.165) is 59.1 Å². The number of alkyl halides is 3. The maximum absolute atomic E-state index is 12.6. The van der Waals surface area contributed by atoms with E-state index in [0.29, 0.717) is 0 Å². The third kappa shape index (κ3) is 1.32. The fourth-order valence-electron chi connectivity index (χ4n) is 7.10. The standard InChI is InChI=1S/C19H19F3GeO/c1-23(2,8-7-9-3-5-10(6-4-9)19(20,21)22)24-18-15-12-11-13(15)17(18)14(11)16(12)18/h3-8,11-17H,1-2H3/b8-7+. The Kier molecular flexibility index (Phi) is 2.30. The molecule has 126 valence electrons. The van der Waals surface area contributed by atoms with Crippen molar-refractivity contribution < 1.29 is 16.9 Å². The van der Waals surface area contributed by atoms with Gasteiger partial charge in [0.1, 0.15) is 0 Å². The van der Waals surface area contributed by atoms with Gasteiger partial charge in [-0.2, -0.15) is 0 Å². The molecule has 24 heavy (non-hydrogen) atoms. The van der Waals surface area contributed by atoms with Crippen molar-refractivity contribution in [2.24, 2.45) is 41.4 Å². The van der Waals surface area contributed by atoms with Crippen molar-refractivity contribution >= 4 is 19.7 Å². The van der Waals surface area contributed by atoms with E-state index in [4.69, 9.17) is 3.76 Å². The molecule has 6 fully saturated rings. The summed E-state index contributed by atoms with van der Waals surface area (Å²) in [5.41, 5.74) is 0.493. The minimum atomic E-state index is -4.27. The molecule has 0 saturated heterocycles. The molecule has 5 heteroatoms. The summed E-state index contributed by atoms with van der Waals surface area (Å²) in [6, 6.07) is 5.39. The molecule has 1 aromatic rings. The van der Waals surface area contributed by atoms with Crippen LogP contribution in [0.3, 0.4) is 0 Å². The van der Waals surface area contributed by atoms with Gasteiger partial charge in [0, 0.05) is 0 Å². The molecule has 0 spiro atoms. The molecule has 1 aromatic carbocycles. The topological polar surface area (TPSA) is 9.23 Å². The summed E-state index contributed by atoms with van der Waals surface area (Å²) in [5.74, 6) is 11.3. The Labute approximate surface area is 142 Å². The van der Waals surface area contributed by atoms with E-state index in [1.807, 2.05) is 6.08 Å². The first-order valence-corrected chi connectivity index (χ1v) is 15.1. The van der Waals surface area contributed by atoms with E-state index >= 15 is 0 Å². The molecule has 0 amide bonds. The Morgan fingerprint density at radius 3 is 2.00 bits per heavy atom. The molecule has 6 aliphatic rings. The van der Waals surface area contributed by atoms with E-state index in [2.05, 4.69) is 16.4 Å². The third-order valence-corrected chi connectivity index (χ3v) is 11.6. The summed E-state index contributed by atoms with van der Waals surface area (Å²) in [5, 5.41) is 0. The van der Waals surface area contributed by atoms with E-state index in [-0.39, 0.29) is 5.60 Å². The zero-order valence-corrected chi connectivity index (χ0v) is 15.6. The molecule has 0 N–H and O–H groups in total. The number of hydrogen-bond donors (Lipinski definition) is 0. The molecule has 0 heterocycles. The summed E-state index contributed by atoms with van der Waals surface area (Å²) in [6.45, 7) is 0. The molecular formula is C19H19F3GeO. The van der Waals surface area contributed by atoms with Crippen molar-refractivity contribution in [3.63, 3.8) is 0 Å². The van der Waals surface area contributed by atoms with E-state index in [1.54, 1.807) is 12.1 Å². The fraction of sp³-hybridized carbons (Fsp3) is 0.579. The Morgan fingerprint density at radius 2 is 1.50 bits per heavy atom. The second kappa shape index (κ2) is 3.83. The predicted molar refractivity (Wildman–Crippen MR) is 86.2 cm³/mol. The molecule has 0 aromatic heterocycles. The SMILES string of the molecule is [CH3][Ge]([CH3])(/[CH]=C/c1ccc(C(F)(F)F)cc1)[O]C12C3C4C5C3C1C5C42. The van der Waals surface area contributed by atoms with Crippen LogP contribution in [0.25, 0.3) is 6.08 Å². The quantitative estimate of drug-likeness (QED) is 0.680. The predicted octanol–water partition coefficient (Wildman–Crippen LogP) is 4.60. The second-order valence-corrected chi connectivity index (χ2v) is 16.8. The van der Waals surface area contributed by atoms with Crippen LogP contribution in [-0.4, -0.2) is 19.2 Å². The first-order chi connectivity index (χ1) is 11.3. The average molecular weight is 393 g/mol. The minimum absolute atomic E-state index is 0.267. The summed E-state index contributed by atoms with van der Waals surface area (Å²) in [7, 11) is 0. The van der Waals surface area contributed by atoms with Gasteiger partial charge in [0.25, 0.3) is 0 Å². The summed E-state index contributed by atoms with van der Waals surface area (Å²) in [6.07, 6.45) is -2.31. The first kappa shape index (κ1) is 14.4. The van der Waals surface area contributed by atoms with Crippen LogP contribution in [0.5, 0.6) is 0 Å². The normalized spacial score (nSPS) is 48.8.